The third kappa shape index (κ3) is 4.51. The van der Waals surface area contributed by atoms with Crippen LogP contribution in [0.1, 0.15) is 0 Å². The number of thiazole rings is 2. The molecule has 0 aliphatic carbocycles. The Morgan fingerprint density at radius 3 is 2.43 bits per heavy atom. The van der Waals surface area contributed by atoms with E-state index in [-0.39, 0.29) is 0 Å². The third-order valence-corrected chi connectivity index (χ3v) is 4.93. The fraction of sp³-hybridized carbons (Fsp3) is 0. The number of fused-ring (bicyclic) bond motifs is 1. The lowest BCUT2D eigenvalue weighted by Crippen LogP contribution is -1.87. The maximum atomic E-state index is 5.19. The third-order valence-electron chi connectivity index (χ3n) is 2.84. The van der Waals surface area contributed by atoms with Gasteiger partial charge < -0.3 is 11.1 Å². The second-order valence-electron chi connectivity index (χ2n) is 4.49. The summed E-state index contributed by atoms with van der Waals surface area (Å²) in [6.07, 6.45) is 1.68. The van der Waals surface area contributed by atoms with Crippen LogP contribution in [0.3, 0.4) is 0 Å². The average Bonchev–Trinajstić information content (AvgIpc) is 3.18. The number of para-hydroxylation sites is 1. The smallest absolute Gasteiger partial charge is 0.188 e. The van der Waals surface area contributed by atoms with Crippen molar-refractivity contribution in [3.05, 3.63) is 64.6 Å². The van der Waals surface area contributed by atoms with Crippen molar-refractivity contribution in [3.8, 4) is 0 Å². The first kappa shape index (κ1) is 15.9. The lowest BCUT2D eigenvalue weighted by atomic mass is 10.3. The molecule has 7 heteroatoms. The van der Waals surface area contributed by atoms with Crippen LogP contribution in [-0.4, -0.2) is 9.97 Å². The number of halogens is 1. The molecule has 0 radical (unpaired) electrons. The van der Waals surface area contributed by atoms with Crippen LogP contribution in [0.2, 0.25) is 0 Å². The van der Waals surface area contributed by atoms with Gasteiger partial charge in [-0.05, 0) is 36.4 Å². The Morgan fingerprint density at radius 1 is 1.04 bits per heavy atom. The van der Waals surface area contributed by atoms with Crippen LogP contribution in [0.25, 0.3) is 10.2 Å². The zero-order chi connectivity index (χ0) is 16.1. The Balaban J connectivity index is 0.000000220. The summed E-state index contributed by atoms with van der Waals surface area (Å²) in [5.41, 5.74) is 7.27. The topological polar surface area (TPSA) is 63.8 Å². The summed E-state index contributed by atoms with van der Waals surface area (Å²) >= 11 is 6.53. The Labute approximate surface area is 150 Å². The molecule has 3 N–H and O–H groups in total. The van der Waals surface area contributed by atoms with Crippen LogP contribution in [0.5, 0.6) is 0 Å². The zero-order valence-electron chi connectivity index (χ0n) is 11.9. The lowest BCUT2D eigenvalue weighted by molar-refractivity contribution is 1.43. The van der Waals surface area contributed by atoms with Crippen LogP contribution in [0.4, 0.5) is 16.0 Å². The van der Waals surface area contributed by atoms with E-state index in [1.165, 1.54) is 16.0 Å². The highest BCUT2D eigenvalue weighted by atomic mass is 79.9. The SMILES string of the molecule is Brc1ccc(Nc2nc3ccccc3s2)cc1.Nc1nccs1. The minimum absolute atomic E-state index is 0.634. The van der Waals surface area contributed by atoms with Crippen molar-refractivity contribution in [1.29, 1.82) is 0 Å². The second-order valence-corrected chi connectivity index (χ2v) is 7.36. The van der Waals surface area contributed by atoms with Gasteiger partial charge in [0.15, 0.2) is 10.3 Å². The highest BCUT2D eigenvalue weighted by Gasteiger charge is 2.02. The summed E-state index contributed by atoms with van der Waals surface area (Å²) in [6, 6.07) is 16.2. The van der Waals surface area contributed by atoms with Crippen LogP contribution in [0, 0.1) is 0 Å². The molecule has 2 heterocycles. The van der Waals surface area contributed by atoms with E-state index in [0.29, 0.717) is 5.13 Å². The van der Waals surface area contributed by atoms with Gasteiger partial charge in [0.25, 0.3) is 0 Å². The van der Waals surface area contributed by atoms with Crippen molar-refractivity contribution >= 4 is 64.8 Å². The fourth-order valence-electron chi connectivity index (χ4n) is 1.82. The molecule has 116 valence electrons. The maximum absolute atomic E-state index is 5.19. The highest BCUT2D eigenvalue weighted by Crippen LogP contribution is 2.28. The van der Waals surface area contributed by atoms with E-state index in [0.717, 1.165) is 20.8 Å². The number of hydrogen-bond acceptors (Lipinski definition) is 6. The molecular weight excluding hydrogens is 392 g/mol. The lowest BCUT2D eigenvalue weighted by Gasteiger charge is -2.01. The molecule has 0 atom stereocenters. The molecule has 0 bridgehead atoms. The Bertz CT molecular complexity index is 840. The van der Waals surface area contributed by atoms with Gasteiger partial charge in [0.1, 0.15) is 0 Å². The molecular formula is C16H13BrN4S2. The number of aromatic nitrogens is 2. The number of nitrogen functional groups attached to an aromatic ring is 1. The Kier molecular flexibility index (Phi) is 5.22. The van der Waals surface area contributed by atoms with Crippen LogP contribution < -0.4 is 11.1 Å². The first-order valence-electron chi connectivity index (χ1n) is 6.74. The van der Waals surface area contributed by atoms with Crippen LogP contribution in [-0.2, 0) is 0 Å². The minimum Gasteiger partial charge on any atom is -0.375 e. The number of benzene rings is 2. The normalized spacial score (nSPS) is 10.1. The van der Waals surface area contributed by atoms with Crippen LogP contribution >= 0.6 is 38.6 Å². The molecule has 0 unspecified atom stereocenters. The monoisotopic (exact) mass is 404 g/mol. The van der Waals surface area contributed by atoms with Gasteiger partial charge in [0.05, 0.1) is 10.2 Å². The summed E-state index contributed by atoms with van der Waals surface area (Å²) in [5.74, 6) is 0. The van der Waals surface area contributed by atoms with Gasteiger partial charge in [-0.1, -0.05) is 39.4 Å². The summed E-state index contributed by atoms with van der Waals surface area (Å²) in [6.45, 7) is 0. The molecule has 4 nitrogen and oxygen atoms in total. The maximum Gasteiger partial charge on any atom is 0.188 e. The molecule has 2 aromatic heterocycles. The van der Waals surface area contributed by atoms with E-state index in [4.69, 9.17) is 5.73 Å². The van der Waals surface area contributed by atoms with E-state index in [1.54, 1.807) is 17.5 Å². The van der Waals surface area contributed by atoms with E-state index in [9.17, 15) is 0 Å². The number of hydrogen-bond donors (Lipinski definition) is 2. The molecule has 23 heavy (non-hydrogen) atoms. The van der Waals surface area contributed by atoms with Crippen molar-refractivity contribution in [2.45, 2.75) is 0 Å². The van der Waals surface area contributed by atoms with E-state index >= 15 is 0 Å². The number of nitrogens with zero attached hydrogens (tertiary/aromatic N) is 2. The number of rotatable bonds is 2. The van der Waals surface area contributed by atoms with Gasteiger partial charge >= 0.3 is 0 Å². The molecule has 4 rings (SSSR count). The molecule has 0 spiro atoms. The Morgan fingerprint density at radius 2 is 1.83 bits per heavy atom. The summed E-state index contributed by atoms with van der Waals surface area (Å²) in [7, 11) is 0. The largest absolute Gasteiger partial charge is 0.375 e. The molecule has 0 aliphatic rings. The summed E-state index contributed by atoms with van der Waals surface area (Å²) in [5, 5.41) is 6.71. The zero-order valence-corrected chi connectivity index (χ0v) is 15.2. The predicted molar refractivity (Wildman–Crippen MR) is 104 cm³/mol. The van der Waals surface area contributed by atoms with Gasteiger partial charge in [-0.25, -0.2) is 9.97 Å². The van der Waals surface area contributed by atoms with Crippen molar-refractivity contribution in [1.82, 2.24) is 9.97 Å². The number of nitrogens with one attached hydrogen (secondary N) is 1. The molecule has 0 amide bonds. The van der Waals surface area contributed by atoms with E-state index < -0.39 is 0 Å². The van der Waals surface area contributed by atoms with Crippen molar-refractivity contribution in [3.63, 3.8) is 0 Å². The number of anilines is 3. The van der Waals surface area contributed by atoms with Crippen molar-refractivity contribution in [2.24, 2.45) is 0 Å². The quantitative estimate of drug-likeness (QED) is 0.460. The minimum atomic E-state index is 0.634. The molecule has 0 aliphatic heterocycles. The van der Waals surface area contributed by atoms with Gasteiger partial charge in [0, 0.05) is 21.7 Å². The van der Waals surface area contributed by atoms with Crippen molar-refractivity contribution in [2.75, 3.05) is 11.1 Å². The molecule has 2 aromatic carbocycles. The van der Waals surface area contributed by atoms with Crippen LogP contribution in [0.15, 0.2) is 64.6 Å². The molecule has 0 saturated carbocycles. The molecule has 0 saturated heterocycles. The predicted octanol–water partition coefficient (Wildman–Crippen LogP) is 5.53. The molecule has 0 fully saturated rings. The Hall–Kier alpha value is -1.96. The van der Waals surface area contributed by atoms with Gasteiger partial charge in [0.2, 0.25) is 0 Å². The first-order valence-corrected chi connectivity index (χ1v) is 9.23. The van der Waals surface area contributed by atoms with Gasteiger partial charge in [-0.2, -0.15) is 0 Å². The summed E-state index contributed by atoms with van der Waals surface area (Å²) in [4.78, 5) is 8.24. The second kappa shape index (κ2) is 7.54. The summed E-state index contributed by atoms with van der Waals surface area (Å²) < 4.78 is 2.28. The standard InChI is InChI=1S/C13H9BrN2S.C3H4N2S/c14-9-5-7-10(8-6-9)15-13-16-11-3-1-2-4-12(11)17-13;4-3-5-1-2-6-3/h1-8H,(H,15,16);1-2H,(H2,4,5). The molecule has 4 aromatic rings. The highest BCUT2D eigenvalue weighted by molar-refractivity contribution is 9.10. The number of nitrogens with two attached hydrogens (primary N) is 1. The van der Waals surface area contributed by atoms with Gasteiger partial charge in [-0.3, -0.25) is 0 Å². The van der Waals surface area contributed by atoms with E-state index in [1.807, 2.05) is 47.8 Å². The van der Waals surface area contributed by atoms with Gasteiger partial charge in [-0.15, -0.1) is 11.3 Å². The average molecular weight is 405 g/mol. The first-order chi connectivity index (χ1) is 11.2. The van der Waals surface area contributed by atoms with E-state index in [2.05, 4.69) is 37.3 Å². The van der Waals surface area contributed by atoms with Crippen molar-refractivity contribution < 1.29 is 0 Å². The fourth-order valence-corrected chi connectivity index (χ4v) is 3.35.